The van der Waals surface area contributed by atoms with Crippen LogP contribution >= 0.6 is 11.6 Å². The number of piperidine rings is 1. The minimum Gasteiger partial charge on any atom is -0.487 e. The molecule has 0 aliphatic carbocycles. The van der Waals surface area contributed by atoms with Crippen molar-refractivity contribution in [2.45, 2.75) is 24.7 Å². The third-order valence-electron chi connectivity index (χ3n) is 4.06. The van der Waals surface area contributed by atoms with Crippen molar-refractivity contribution in [3.63, 3.8) is 0 Å². The Bertz CT molecular complexity index is 847. The summed E-state index contributed by atoms with van der Waals surface area (Å²) >= 11 is 6.03. The van der Waals surface area contributed by atoms with Crippen molar-refractivity contribution in [3.8, 4) is 5.75 Å². The van der Waals surface area contributed by atoms with Gasteiger partial charge in [-0.05, 0) is 18.9 Å². The van der Waals surface area contributed by atoms with E-state index in [4.69, 9.17) is 16.3 Å². The number of rotatable bonds is 5. The zero-order chi connectivity index (χ0) is 17.9. The molecule has 0 radical (unpaired) electrons. The lowest BCUT2D eigenvalue weighted by Crippen LogP contribution is -2.44. The molecule has 1 fully saturated rings. The average Bonchev–Trinajstić information content (AvgIpc) is 2.59. The number of halogens is 2. The molecule has 1 aliphatic rings. The number of hydrogen-bond donors (Lipinski definition) is 0. The van der Waals surface area contributed by atoms with Crippen LogP contribution in [0.3, 0.4) is 0 Å². The van der Waals surface area contributed by atoms with E-state index in [1.54, 1.807) is 18.3 Å². The second kappa shape index (κ2) is 7.68. The fourth-order valence-electron chi connectivity index (χ4n) is 2.79. The predicted molar refractivity (Wildman–Crippen MR) is 93.5 cm³/mol. The molecule has 2 heterocycles. The molecule has 0 unspecified atom stereocenters. The number of sulfonamides is 1. The summed E-state index contributed by atoms with van der Waals surface area (Å²) in [6, 6.07) is 7.56. The first kappa shape index (κ1) is 18.1. The van der Waals surface area contributed by atoms with Crippen LogP contribution in [0.25, 0.3) is 0 Å². The molecule has 3 rings (SSSR count). The molecule has 134 valence electrons. The summed E-state index contributed by atoms with van der Waals surface area (Å²) < 4.78 is 46.2. The number of benzene rings is 1. The quantitative estimate of drug-likeness (QED) is 0.794. The van der Waals surface area contributed by atoms with E-state index in [-0.39, 0.29) is 24.0 Å². The third-order valence-corrected chi connectivity index (χ3v) is 6.14. The van der Waals surface area contributed by atoms with Gasteiger partial charge >= 0.3 is 0 Å². The zero-order valence-corrected chi connectivity index (χ0v) is 15.0. The summed E-state index contributed by atoms with van der Waals surface area (Å²) in [6.45, 7) is 0.621. The van der Waals surface area contributed by atoms with Gasteiger partial charge < -0.3 is 4.74 Å². The maximum atomic E-state index is 13.8. The van der Waals surface area contributed by atoms with E-state index >= 15 is 0 Å². The maximum absolute atomic E-state index is 13.8. The van der Waals surface area contributed by atoms with Crippen molar-refractivity contribution >= 4 is 21.6 Å². The Morgan fingerprint density at radius 2 is 2.12 bits per heavy atom. The highest BCUT2D eigenvalue weighted by Gasteiger charge is 2.30. The highest BCUT2D eigenvalue weighted by molar-refractivity contribution is 7.88. The highest BCUT2D eigenvalue weighted by atomic mass is 35.5. The van der Waals surface area contributed by atoms with Gasteiger partial charge in [0.25, 0.3) is 0 Å². The zero-order valence-electron chi connectivity index (χ0n) is 13.4. The van der Waals surface area contributed by atoms with Crippen molar-refractivity contribution in [1.82, 2.24) is 9.29 Å². The molecule has 1 aromatic carbocycles. The topological polar surface area (TPSA) is 59.5 Å². The smallest absolute Gasteiger partial charge is 0.218 e. The third kappa shape index (κ3) is 4.48. The van der Waals surface area contributed by atoms with Crippen LogP contribution in [0.5, 0.6) is 5.75 Å². The van der Waals surface area contributed by atoms with Crippen LogP contribution in [0.15, 0.2) is 42.7 Å². The maximum Gasteiger partial charge on any atom is 0.218 e. The molecule has 2 aromatic rings. The van der Waals surface area contributed by atoms with Gasteiger partial charge in [-0.1, -0.05) is 29.8 Å². The minimum absolute atomic E-state index is 0.169. The van der Waals surface area contributed by atoms with Crippen molar-refractivity contribution < 1.29 is 17.5 Å². The largest absolute Gasteiger partial charge is 0.487 e. The van der Waals surface area contributed by atoms with Crippen LogP contribution in [-0.2, 0) is 15.8 Å². The second-order valence-corrected chi connectivity index (χ2v) is 8.27. The van der Waals surface area contributed by atoms with Crippen LogP contribution in [0, 0.1) is 5.82 Å². The average molecular weight is 385 g/mol. The second-order valence-electron chi connectivity index (χ2n) is 5.89. The molecule has 0 spiro atoms. The lowest BCUT2D eigenvalue weighted by molar-refractivity contribution is 0.129. The van der Waals surface area contributed by atoms with Gasteiger partial charge in [-0.25, -0.2) is 12.8 Å². The number of nitrogens with zero attached hydrogens (tertiary/aromatic N) is 2. The van der Waals surface area contributed by atoms with Gasteiger partial charge in [0, 0.05) is 30.6 Å². The summed E-state index contributed by atoms with van der Waals surface area (Å²) in [5.74, 6) is -0.392. The van der Waals surface area contributed by atoms with Crippen molar-refractivity contribution in [2.75, 3.05) is 13.1 Å². The van der Waals surface area contributed by atoms with Gasteiger partial charge in [-0.2, -0.15) is 4.31 Å². The van der Waals surface area contributed by atoms with Crippen LogP contribution < -0.4 is 4.74 Å². The molecule has 1 saturated heterocycles. The Morgan fingerprint density at radius 1 is 1.32 bits per heavy atom. The van der Waals surface area contributed by atoms with E-state index < -0.39 is 15.8 Å². The Labute approximate surface area is 151 Å². The van der Waals surface area contributed by atoms with E-state index in [0.717, 1.165) is 6.42 Å². The number of pyridine rings is 1. The van der Waals surface area contributed by atoms with E-state index in [0.29, 0.717) is 23.7 Å². The van der Waals surface area contributed by atoms with Crippen LogP contribution in [0.2, 0.25) is 5.02 Å². The molecule has 0 N–H and O–H groups in total. The Hall–Kier alpha value is -1.70. The standard InChI is InChI=1S/C17H18ClFN2O3S/c18-15-10-20-8-7-17(15)24-14-5-3-9-21(11-14)25(22,23)12-13-4-1-2-6-16(13)19/h1-2,4,6-8,10,14H,3,5,9,11-12H2/t14-/m0/s1. The van der Waals surface area contributed by atoms with Gasteiger partial charge in [0.1, 0.15) is 22.7 Å². The molecule has 0 saturated carbocycles. The molecule has 25 heavy (non-hydrogen) atoms. The SMILES string of the molecule is O=S(=O)(Cc1ccccc1F)N1CCC[C@H](Oc2ccncc2Cl)C1. The molecular formula is C17H18ClFN2O3S. The molecular weight excluding hydrogens is 367 g/mol. The van der Waals surface area contributed by atoms with Gasteiger partial charge in [-0.3, -0.25) is 4.98 Å². The number of aromatic nitrogens is 1. The lowest BCUT2D eigenvalue weighted by Gasteiger charge is -2.32. The molecule has 1 aliphatic heterocycles. The van der Waals surface area contributed by atoms with Gasteiger partial charge in [0.15, 0.2) is 0 Å². The first-order valence-electron chi connectivity index (χ1n) is 7.93. The van der Waals surface area contributed by atoms with Crippen LogP contribution in [0.4, 0.5) is 4.39 Å². The molecule has 0 amide bonds. The summed E-state index contributed by atoms with van der Waals surface area (Å²) in [5, 5.41) is 0.383. The van der Waals surface area contributed by atoms with Gasteiger partial charge in [0.05, 0.1) is 12.3 Å². The lowest BCUT2D eigenvalue weighted by atomic mass is 10.1. The molecule has 0 bridgehead atoms. The fourth-order valence-corrected chi connectivity index (χ4v) is 4.57. The molecule has 8 heteroatoms. The monoisotopic (exact) mass is 384 g/mol. The molecule has 1 atom stereocenters. The van der Waals surface area contributed by atoms with E-state index in [2.05, 4.69) is 4.98 Å². The molecule has 1 aromatic heterocycles. The van der Waals surface area contributed by atoms with E-state index in [1.807, 2.05) is 0 Å². The summed E-state index contributed by atoms with van der Waals surface area (Å²) in [7, 11) is -3.63. The summed E-state index contributed by atoms with van der Waals surface area (Å²) in [5.41, 5.74) is 0.169. The Kier molecular flexibility index (Phi) is 5.56. The van der Waals surface area contributed by atoms with Crippen molar-refractivity contribution in [1.29, 1.82) is 0 Å². The highest BCUT2D eigenvalue weighted by Crippen LogP contribution is 2.27. The Balaban J connectivity index is 1.70. The number of hydrogen-bond acceptors (Lipinski definition) is 4. The normalized spacial score (nSPS) is 18.9. The van der Waals surface area contributed by atoms with Gasteiger partial charge in [-0.15, -0.1) is 0 Å². The first-order valence-corrected chi connectivity index (χ1v) is 9.92. The van der Waals surface area contributed by atoms with Crippen LogP contribution in [0.1, 0.15) is 18.4 Å². The minimum atomic E-state index is -3.63. The number of ether oxygens (including phenoxy) is 1. The van der Waals surface area contributed by atoms with E-state index in [9.17, 15) is 12.8 Å². The predicted octanol–water partition coefficient (Wildman–Crippen LogP) is 3.25. The first-order chi connectivity index (χ1) is 12.0. The van der Waals surface area contributed by atoms with E-state index in [1.165, 1.54) is 28.7 Å². The molecule has 5 nitrogen and oxygen atoms in total. The Morgan fingerprint density at radius 3 is 2.88 bits per heavy atom. The van der Waals surface area contributed by atoms with Crippen LogP contribution in [-0.4, -0.2) is 36.9 Å². The fraction of sp³-hybridized carbons (Fsp3) is 0.353. The summed E-state index contributed by atoms with van der Waals surface area (Å²) in [4.78, 5) is 3.89. The van der Waals surface area contributed by atoms with Crippen molar-refractivity contribution in [2.24, 2.45) is 0 Å². The summed E-state index contributed by atoms with van der Waals surface area (Å²) in [6.07, 6.45) is 4.14. The van der Waals surface area contributed by atoms with Gasteiger partial charge in [0.2, 0.25) is 10.0 Å². The van der Waals surface area contributed by atoms with Crippen molar-refractivity contribution in [3.05, 3.63) is 59.1 Å².